The van der Waals surface area contributed by atoms with Crippen LogP contribution in [0.1, 0.15) is 25.7 Å². The SMILES string of the molecule is C#CCC(C(=O)OC)(C(=O)OC)[C@@H]1C=CCCC1. The Morgan fingerprint density at radius 2 is 2.00 bits per heavy atom. The van der Waals surface area contributed by atoms with Crippen LogP contribution in [0, 0.1) is 23.7 Å². The summed E-state index contributed by atoms with van der Waals surface area (Å²) in [5.74, 6) is 0.896. The van der Waals surface area contributed by atoms with E-state index < -0.39 is 17.4 Å². The van der Waals surface area contributed by atoms with Crippen LogP contribution in [0.15, 0.2) is 12.2 Å². The van der Waals surface area contributed by atoms with Crippen molar-refractivity contribution in [2.24, 2.45) is 11.3 Å². The number of allylic oxidation sites excluding steroid dienone is 2. The van der Waals surface area contributed by atoms with Crippen molar-refractivity contribution >= 4 is 11.9 Å². The van der Waals surface area contributed by atoms with Gasteiger partial charge in [0.2, 0.25) is 0 Å². The molecule has 0 aromatic heterocycles. The second-order valence-electron chi connectivity index (χ2n) is 4.30. The molecule has 0 heterocycles. The summed E-state index contributed by atoms with van der Waals surface area (Å²) in [6.45, 7) is 0. The van der Waals surface area contributed by atoms with Crippen LogP contribution in [0.4, 0.5) is 0 Å². The number of hydrogen-bond donors (Lipinski definition) is 0. The van der Waals surface area contributed by atoms with Crippen LogP contribution in [0.5, 0.6) is 0 Å². The van der Waals surface area contributed by atoms with Gasteiger partial charge in [-0.15, -0.1) is 12.3 Å². The highest BCUT2D eigenvalue weighted by molar-refractivity contribution is 6.01. The summed E-state index contributed by atoms with van der Waals surface area (Å²) in [6, 6.07) is 0. The molecule has 0 spiro atoms. The molecule has 0 radical (unpaired) electrons. The molecule has 0 N–H and O–H groups in total. The Morgan fingerprint density at radius 1 is 1.39 bits per heavy atom. The fraction of sp³-hybridized carbons (Fsp3) is 0.571. The van der Waals surface area contributed by atoms with Gasteiger partial charge >= 0.3 is 11.9 Å². The van der Waals surface area contributed by atoms with Crippen molar-refractivity contribution in [2.75, 3.05) is 14.2 Å². The third-order valence-electron chi connectivity index (χ3n) is 3.37. The minimum absolute atomic E-state index is 0.0125. The van der Waals surface area contributed by atoms with Crippen molar-refractivity contribution in [3.8, 4) is 12.3 Å². The molecule has 1 rings (SSSR count). The zero-order chi connectivity index (χ0) is 13.6. The maximum Gasteiger partial charge on any atom is 0.324 e. The predicted octanol–water partition coefficient (Wildman–Crippen LogP) is 1.70. The van der Waals surface area contributed by atoms with Gasteiger partial charge in [0.15, 0.2) is 5.41 Å². The normalized spacial score (nSPS) is 18.8. The second-order valence-corrected chi connectivity index (χ2v) is 4.30. The Bertz CT molecular complexity index is 373. The summed E-state index contributed by atoms with van der Waals surface area (Å²) in [6.07, 6.45) is 11.7. The molecular weight excluding hydrogens is 232 g/mol. The van der Waals surface area contributed by atoms with E-state index in [1.807, 2.05) is 12.2 Å². The van der Waals surface area contributed by atoms with Gasteiger partial charge in [-0.2, -0.15) is 0 Å². The standard InChI is InChI=1S/C14H18O4/c1-4-10-14(12(15)17-2,13(16)18-3)11-8-6-5-7-9-11/h1,6,8,11H,5,7,9-10H2,2-3H3/t11-/m1/s1. The molecule has 1 atom stereocenters. The van der Waals surface area contributed by atoms with Gasteiger partial charge in [0.1, 0.15) is 0 Å². The summed E-state index contributed by atoms with van der Waals surface area (Å²) >= 11 is 0. The van der Waals surface area contributed by atoms with Crippen molar-refractivity contribution in [1.29, 1.82) is 0 Å². The number of ether oxygens (including phenoxy) is 2. The molecule has 0 aromatic rings. The van der Waals surface area contributed by atoms with Gasteiger partial charge < -0.3 is 9.47 Å². The molecule has 1 aliphatic rings. The number of rotatable bonds is 4. The van der Waals surface area contributed by atoms with Crippen molar-refractivity contribution in [2.45, 2.75) is 25.7 Å². The van der Waals surface area contributed by atoms with Crippen LogP contribution in [0.2, 0.25) is 0 Å². The van der Waals surface area contributed by atoms with E-state index in [9.17, 15) is 9.59 Å². The lowest BCUT2D eigenvalue weighted by molar-refractivity contribution is -0.172. The van der Waals surface area contributed by atoms with E-state index in [0.29, 0.717) is 0 Å². The topological polar surface area (TPSA) is 52.6 Å². The quantitative estimate of drug-likeness (QED) is 0.330. The summed E-state index contributed by atoms with van der Waals surface area (Å²) in [5.41, 5.74) is -1.41. The monoisotopic (exact) mass is 250 g/mol. The molecule has 0 saturated carbocycles. The van der Waals surface area contributed by atoms with Crippen molar-refractivity contribution < 1.29 is 19.1 Å². The fourth-order valence-electron chi connectivity index (χ4n) is 2.41. The van der Waals surface area contributed by atoms with Crippen LogP contribution >= 0.6 is 0 Å². The van der Waals surface area contributed by atoms with Crippen LogP contribution < -0.4 is 0 Å². The Hall–Kier alpha value is -1.76. The van der Waals surface area contributed by atoms with E-state index in [1.54, 1.807) is 0 Å². The van der Waals surface area contributed by atoms with Gasteiger partial charge in [-0.1, -0.05) is 12.2 Å². The highest BCUT2D eigenvalue weighted by atomic mass is 16.5. The molecule has 4 nitrogen and oxygen atoms in total. The number of hydrogen-bond acceptors (Lipinski definition) is 4. The fourth-order valence-corrected chi connectivity index (χ4v) is 2.41. The zero-order valence-electron chi connectivity index (χ0n) is 10.8. The first-order valence-corrected chi connectivity index (χ1v) is 5.90. The molecule has 0 unspecified atom stereocenters. The smallest absolute Gasteiger partial charge is 0.324 e. The highest BCUT2D eigenvalue weighted by Gasteiger charge is 2.53. The molecule has 1 aliphatic carbocycles. The maximum atomic E-state index is 12.1. The largest absolute Gasteiger partial charge is 0.468 e. The molecule has 0 aliphatic heterocycles. The number of carbonyl (C=O) groups excluding carboxylic acids is 2. The van der Waals surface area contributed by atoms with Gasteiger partial charge in [-0.3, -0.25) is 9.59 Å². The molecule has 18 heavy (non-hydrogen) atoms. The summed E-state index contributed by atoms with van der Waals surface area (Å²) in [7, 11) is 2.51. The third-order valence-corrected chi connectivity index (χ3v) is 3.37. The van der Waals surface area contributed by atoms with Crippen LogP contribution in [-0.4, -0.2) is 26.2 Å². The molecule has 0 fully saturated rings. The van der Waals surface area contributed by atoms with Crippen LogP contribution in [0.3, 0.4) is 0 Å². The second kappa shape index (κ2) is 6.25. The predicted molar refractivity (Wildman–Crippen MR) is 66.4 cm³/mol. The van der Waals surface area contributed by atoms with Crippen molar-refractivity contribution in [3.05, 3.63) is 12.2 Å². The Kier molecular flexibility index (Phi) is 4.96. The minimum atomic E-state index is -1.41. The lowest BCUT2D eigenvalue weighted by atomic mass is 9.69. The minimum Gasteiger partial charge on any atom is -0.468 e. The van der Waals surface area contributed by atoms with E-state index in [1.165, 1.54) is 14.2 Å². The van der Waals surface area contributed by atoms with Gasteiger partial charge in [-0.05, 0) is 19.3 Å². The lowest BCUT2D eigenvalue weighted by Crippen LogP contribution is -2.47. The maximum absolute atomic E-state index is 12.1. The molecule has 98 valence electrons. The van der Waals surface area contributed by atoms with E-state index in [4.69, 9.17) is 15.9 Å². The molecule has 0 bridgehead atoms. The first-order chi connectivity index (χ1) is 8.63. The van der Waals surface area contributed by atoms with E-state index in [2.05, 4.69) is 5.92 Å². The first kappa shape index (κ1) is 14.3. The van der Waals surface area contributed by atoms with Gasteiger partial charge in [-0.25, -0.2) is 0 Å². The average Bonchev–Trinajstić information content (AvgIpc) is 2.44. The molecule has 4 heteroatoms. The van der Waals surface area contributed by atoms with Crippen molar-refractivity contribution in [1.82, 2.24) is 0 Å². The Morgan fingerprint density at radius 3 is 2.39 bits per heavy atom. The lowest BCUT2D eigenvalue weighted by Gasteiger charge is -2.34. The average molecular weight is 250 g/mol. The number of methoxy groups -OCH3 is 2. The zero-order valence-corrected chi connectivity index (χ0v) is 10.8. The first-order valence-electron chi connectivity index (χ1n) is 5.90. The molecular formula is C14H18O4. The summed E-state index contributed by atoms with van der Waals surface area (Å²) in [4.78, 5) is 24.1. The molecule has 0 aromatic carbocycles. The van der Waals surface area contributed by atoms with Crippen LogP contribution in [0.25, 0.3) is 0 Å². The van der Waals surface area contributed by atoms with E-state index >= 15 is 0 Å². The molecule has 0 amide bonds. The van der Waals surface area contributed by atoms with E-state index in [0.717, 1.165) is 19.3 Å². The number of terminal acetylenes is 1. The Labute approximate surface area is 107 Å². The number of esters is 2. The summed E-state index contributed by atoms with van der Waals surface area (Å²) in [5, 5.41) is 0. The number of carbonyl (C=O) groups is 2. The van der Waals surface area contributed by atoms with E-state index in [-0.39, 0.29) is 12.3 Å². The highest BCUT2D eigenvalue weighted by Crippen LogP contribution is 2.40. The van der Waals surface area contributed by atoms with Gasteiger partial charge in [0.05, 0.1) is 14.2 Å². The molecule has 0 saturated heterocycles. The van der Waals surface area contributed by atoms with Gasteiger partial charge in [0.25, 0.3) is 0 Å². The van der Waals surface area contributed by atoms with Crippen LogP contribution in [-0.2, 0) is 19.1 Å². The Balaban J connectivity index is 3.23. The van der Waals surface area contributed by atoms with Crippen molar-refractivity contribution in [3.63, 3.8) is 0 Å². The summed E-state index contributed by atoms with van der Waals surface area (Å²) < 4.78 is 9.55. The third kappa shape index (κ3) is 2.40. The van der Waals surface area contributed by atoms with Gasteiger partial charge in [0, 0.05) is 12.3 Å².